The fourth-order valence-electron chi connectivity index (χ4n) is 2.08. The minimum absolute atomic E-state index is 0.234. The fourth-order valence-corrected chi connectivity index (χ4v) is 2.76. The number of nitrogens with zero attached hydrogens (tertiary/aromatic N) is 1. The number of rotatable bonds is 4. The van der Waals surface area contributed by atoms with Crippen LogP contribution in [0.25, 0.3) is 0 Å². The number of urea groups is 2. The molecule has 0 bridgehead atoms. The van der Waals surface area contributed by atoms with Crippen molar-refractivity contribution in [2.45, 2.75) is 38.1 Å². The van der Waals surface area contributed by atoms with Gasteiger partial charge in [0.05, 0.1) is 0 Å². The smallest absolute Gasteiger partial charge is 0.335 e. The molecule has 8 heteroatoms. The van der Waals surface area contributed by atoms with Gasteiger partial charge in [0, 0.05) is 18.3 Å². The molecule has 1 saturated carbocycles. The molecule has 0 spiro atoms. The van der Waals surface area contributed by atoms with Gasteiger partial charge in [0.25, 0.3) is 0 Å². The van der Waals surface area contributed by atoms with Crippen molar-refractivity contribution in [2.75, 3.05) is 24.8 Å². The van der Waals surface area contributed by atoms with E-state index in [0.29, 0.717) is 11.7 Å². The quantitative estimate of drug-likeness (QED) is 0.419. The van der Waals surface area contributed by atoms with Crippen molar-refractivity contribution in [3.8, 4) is 0 Å². The average molecular weight is 332 g/mol. The molecule has 6 nitrogen and oxygen atoms in total. The number of thioether (sulfide) groups is 2. The van der Waals surface area contributed by atoms with Gasteiger partial charge in [0.15, 0.2) is 5.17 Å². The number of carbonyl (C=O) groups is 2. The van der Waals surface area contributed by atoms with Crippen LogP contribution >= 0.6 is 23.5 Å². The van der Waals surface area contributed by atoms with Crippen molar-refractivity contribution in [3.63, 3.8) is 0 Å². The van der Waals surface area contributed by atoms with Gasteiger partial charge >= 0.3 is 12.1 Å². The van der Waals surface area contributed by atoms with Gasteiger partial charge in [-0.3, -0.25) is 5.32 Å². The molecule has 0 unspecified atom stereocenters. The summed E-state index contributed by atoms with van der Waals surface area (Å²) in [7, 11) is 0. The van der Waals surface area contributed by atoms with E-state index in [1.54, 1.807) is 18.0 Å². The highest BCUT2D eigenvalue weighted by Crippen LogP contribution is 2.17. The molecule has 0 aromatic rings. The molecule has 1 aliphatic rings. The molecule has 120 valence electrons. The van der Waals surface area contributed by atoms with Gasteiger partial charge in [-0.1, -0.05) is 31.0 Å². The third kappa shape index (κ3) is 8.21. The molecule has 0 atom stereocenters. The third-order valence-electron chi connectivity index (χ3n) is 3.14. The Hall–Kier alpha value is -0.890. The number of carbonyl (C=O) groups excluding carboxylic acids is 2. The molecule has 1 rings (SSSR count). The molecule has 21 heavy (non-hydrogen) atoms. The Morgan fingerprint density at radius 1 is 1.19 bits per heavy atom. The lowest BCUT2D eigenvalue weighted by Gasteiger charge is -2.22. The van der Waals surface area contributed by atoms with Gasteiger partial charge in [-0.15, -0.1) is 0 Å². The van der Waals surface area contributed by atoms with Crippen molar-refractivity contribution >= 4 is 40.8 Å². The number of amidine groups is 1. The van der Waals surface area contributed by atoms with Crippen molar-refractivity contribution in [2.24, 2.45) is 4.99 Å². The first kappa shape index (κ1) is 18.2. The molecule has 0 heterocycles. The standard InChI is InChI=1S/C13H24N4O2S2/c1-20-9-8-14-11(18)16-13(21-2)17-12(19)15-10-6-4-3-5-7-10/h10H,3-9H2,1-2H3,(H3,14,15,16,17,18,19). The van der Waals surface area contributed by atoms with Gasteiger partial charge in [0.1, 0.15) is 0 Å². The van der Waals surface area contributed by atoms with Crippen LogP contribution in [0.4, 0.5) is 9.59 Å². The first-order valence-electron chi connectivity index (χ1n) is 7.12. The van der Waals surface area contributed by atoms with Gasteiger partial charge in [-0.05, 0) is 25.4 Å². The van der Waals surface area contributed by atoms with Gasteiger partial charge in [0.2, 0.25) is 0 Å². The summed E-state index contributed by atoms with van der Waals surface area (Å²) in [5.74, 6) is 0.839. The Balaban J connectivity index is 2.36. The van der Waals surface area contributed by atoms with E-state index in [2.05, 4.69) is 20.9 Å². The lowest BCUT2D eigenvalue weighted by Crippen LogP contribution is -2.44. The second kappa shape index (κ2) is 10.8. The van der Waals surface area contributed by atoms with Crippen molar-refractivity contribution in [3.05, 3.63) is 0 Å². The molecular weight excluding hydrogens is 308 g/mol. The zero-order valence-corrected chi connectivity index (χ0v) is 14.2. The van der Waals surface area contributed by atoms with Crippen LogP contribution in [0.1, 0.15) is 32.1 Å². The largest absolute Gasteiger partial charge is 0.343 e. The van der Waals surface area contributed by atoms with Crippen LogP contribution in [0, 0.1) is 0 Å². The number of hydrogen-bond acceptors (Lipinski definition) is 4. The van der Waals surface area contributed by atoms with Crippen molar-refractivity contribution < 1.29 is 9.59 Å². The maximum absolute atomic E-state index is 11.9. The zero-order chi connectivity index (χ0) is 15.5. The molecule has 0 aromatic carbocycles. The number of hydrogen-bond donors (Lipinski definition) is 3. The van der Waals surface area contributed by atoms with Crippen LogP contribution in [0.15, 0.2) is 4.99 Å². The van der Waals surface area contributed by atoms with Gasteiger partial charge in [-0.2, -0.15) is 16.8 Å². The summed E-state index contributed by atoms with van der Waals surface area (Å²) < 4.78 is 0. The zero-order valence-electron chi connectivity index (χ0n) is 12.6. The summed E-state index contributed by atoms with van der Waals surface area (Å²) in [4.78, 5) is 27.3. The van der Waals surface area contributed by atoms with Crippen LogP contribution in [-0.2, 0) is 0 Å². The minimum Gasteiger partial charge on any atom is -0.335 e. The summed E-state index contributed by atoms with van der Waals surface area (Å²) in [6.07, 6.45) is 9.35. The molecule has 4 amide bonds. The first-order chi connectivity index (χ1) is 10.2. The fraction of sp³-hybridized carbons (Fsp3) is 0.769. The van der Waals surface area contributed by atoms with E-state index in [1.165, 1.54) is 18.2 Å². The van der Waals surface area contributed by atoms with E-state index in [4.69, 9.17) is 0 Å². The normalized spacial score (nSPS) is 16.4. The summed E-state index contributed by atoms with van der Waals surface area (Å²) in [5.41, 5.74) is 0. The monoisotopic (exact) mass is 332 g/mol. The Bertz CT molecular complexity index is 371. The molecule has 1 aliphatic carbocycles. The SMILES string of the molecule is CSCCNC(=O)N=C(NC(=O)NC1CCCCC1)SC. The van der Waals surface area contributed by atoms with E-state index in [9.17, 15) is 9.59 Å². The lowest BCUT2D eigenvalue weighted by atomic mass is 9.96. The highest BCUT2D eigenvalue weighted by Gasteiger charge is 2.16. The minimum atomic E-state index is -0.425. The molecule has 1 fully saturated rings. The van der Waals surface area contributed by atoms with Crippen LogP contribution in [-0.4, -0.2) is 48.1 Å². The molecule has 0 aromatic heterocycles. The number of aliphatic imine (C=N–C) groups is 1. The van der Waals surface area contributed by atoms with E-state index in [-0.39, 0.29) is 12.1 Å². The number of nitrogens with one attached hydrogen (secondary N) is 3. The Morgan fingerprint density at radius 3 is 2.52 bits per heavy atom. The third-order valence-corrected chi connectivity index (χ3v) is 4.33. The highest BCUT2D eigenvalue weighted by molar-refractivity contribution is 8.13. The topological polar surface area (TPSA) is 82.6 Å². The maximum Gasteiger partial charge on any atom is 0.343 e. The predicted molar refractivity (Wildman–Crippen MR) is 91.3 cm³/mol. The Kier molecular flexibility index (Phi) is 9.32. The van der Waals surface area contributed by atoms with Crippen LogP contribution in [0.2, 0.25) is 0 Å². The molecule has 0 aliphatic heterocycles. The first-order valence-corrected chi connectivity index (χ1v) is 9.74. The van der Waals surface area contributed by atoms with Crippen molar-refractivity contribution in [1.82, 2.24) is 16.0 Å². The summed E-state index contributed by atoms with van der Waals surface area (Å²) in [6.45, 7) is 0.569. The molecule has 0 saturated heterocycles. The lowest BCUT2D eigenvalue weighted by molar-refractivity contribution is 0.237. The van der Waals surface area contributed by atoms with Crippen LogP contribution in [0.5, 0.6) is 0 Å². The highest BCUT2D eigenvalue weighted by atomic mass is 32.2. The maximum atomic E-state index is 11.9. The molecule has 3 N–H and O–H groups in total. The van der Waals surface area contributed by atoms with Crippen molar-refractivity contribution in [1.29, 1.82) is 0 Å². The molecule has 0 radical (unpaired) electrons. The van der Waals surface area contributed by atoms with Gasteiger partial charge in [-0.25, -0.2) is 9.59 Å². The summed E-state index contributed by atoms with van der Waals surface area (Å²) >= 11 is 2.89. The Labute approximate surface area is 134 Å². The van der Waals surface area contributed by atoms with E-state index in [0.717, 1.165) is 31.4 Å². The molecular formula is C13H24N4O2S2. The van der Waals surface area contributed by atoms with Gasteiger partial charge < -0.3 is 10.6 Å². The van der Waals surface area contributed by atoms with E-state index >= 15 is 0 Å². The van der Waals surface area contributed by atoms with E-state index in [1.807, 2.05) is 6.26 Å². The van der Waals surface area contributed by atoms with Crippen LogP contribution in [0.3, 0.4) is 0 Å². The Morgan fingerprint density at radius 2 is 1.90 bits per heavy atom. The summed E-state index contributed by atoms with van der Waals surface area (Å²) in [6, 6.07) is -0.476. The van der Waals surface area contributed by atoms with Crippen LogP contribution < -0.4 is 16.0 Å². The average Bonchev–Trinajstić information content (AvgIpc) is 2.47. The van der Waals surface area contributed by atoms with E-state index < -0.39 is 6.03 Å². The number of amides is 4. The summed E-state index contributed by atoms with van der Waals surface area (Å²) in [5, 5.41) is 8.54. The second-order valence-electron chi connectivity index (χ2n) is 4.78. The second-order valence-corrected chi connectivity index (χ2v) is 6.56. The predicted octanol–water partition coefficient (Wildman–Crippen LogP) is 2.41.